The molecule has 2 heterocycles. The fraction of sp³-hybridized carbons (Fsp3) is 0.652. The number of likely N-dealkylation sites (tertiary alicyclic amines) is 1. The Balaban J connectivity index is 1.28. The predicted octanol–water partition coefficient (Wildman–Crippen LogP) is 1.62. The molecule has 1 aromatic rings. The van der Waals surface area contributed by atoms with Gasteiger partial charge in [0, 0.05) is 36.9 Å². The average molecular weight is 411 g/mol. The Morgan fingerprint density at radius 1 is 1.27 bits per heavy atom. The summed E-state index contributed by atoms with van der Waals surface area (Å²) < 4.78 is 0. The number of nitrogens with zero attached hydrogens (tertiary/aromatic N) is 2. The summed E-state index contributed by atoms with van der Waals surface area (Å²) in [6.07, 6.45) is 8.55. The van der Waals surface area contributed by atoms with E-state index >= 15 is 0 Å². The Morgan fingerprint density at radius 3 is 2.63 bits per heavy atom. The van der Waals surface area contributed by atoms with Crippen LogP contribution in [0.15, 0.2) is 24.5 Å². The molecular weight excluding hydrogens is 380 g/mol. The predicted molar refractivity (Wildman–Crippen MR) is 109 cm³/mol. The molecule has 1 saturated heterocycles. The monoisotopic (exact) mass is 410 g/mol. The third-order valence-corrected chi connectivity index (χ3v) is 8.33. The summed E-state index contributed by atoms with van der Waals surface area (Å²) in [7, 11) is 0. The summed E-state index contributed by atoms with van der Waals surface area (Å²) in [5, 5.41) is 3.26. The number of hydrogen-bond donors (Lipinski definition) is 2. The van der Waals surface area contributed by atoms with Crippen molar-refractivity contribution in [3.8, 4) is 0 Å². The smallest absolute Gasteiger partial charge is 0.238 e. The number of rotatable bonds is 5. The van der Waals surface area contributed by atoms with E-state index in [1.54, 1.807) is 24.2 Å². The molecule has 0 spiro atoms. The second-order valence-electron chi connectivity index (χ2n) is 10.3. The van der Waals surface area contributed by atoms with Crippen molar-refractivity contribution in [2.45, 2.75) is 58.0 Å². The molecule has 7 heteroatoms. The lowest BCUT2D eigenvalue weighted by molar-refractivity contribution is -0.151. The van der Waals surface area contributed by atoms with Gasteiger partial charge >= 0.3 is 0 Å². The summed E-state index contributed by atoms with van der Waals surface area (Å²) in [5.41, 5.74) is 5.34. The van der Waals surface area contributed by atoms with E-state index in [9.17, 15) is 14.4 Å². The molecule has 6 rings (SSSR count). The Morgan fingerprint density at radius 2 is 2.00 bits per heavy atom. The minimum atomic E-state index is -1.03. The van der Waals surface area contributed by atoms with E-state index in [2.05, 4.69) is 10.3 Å². The Bertz CT molecular complexity index is 872. The number of nitrogens with two attached hydrogens (primary N) is 1. The highest BCUT2D eigenvalue weighted by Gasteiger charge is 2.59. The van der Waals surface area contributed by atoms with Crippen molar-refractivity contribution >= 4 is 17.7 Å². The summed E-state index contributed by atoms with van der Waals surface area (Å²) in [5.74, 6) is 0.684. The van der Waals surface area contributed by atoms with Crippen LogP contribution in [0.3, 0.4) is 0 Å². The van der Waals surface area contributed by atoms with Crippen molar-refractivity contribution in [2.24, 2.45) is 34.3 Å². The van der Waals surface area contributed by atoms with Crippen molar-refractivity contribution in [1.82, 2.24) is 15.2 Å². The van der Waals surface area contributed by atoms with Crippen LogP contribution in [-0.2, 0) is 20.9 Å². The zero-order chi connectivity index (χ0) is 21.1. The van der Waals surface area contributed by atoms with Gasteiger partial charge in [-0.25, -0.2) is 0 Å². The Hall–Kier alpha value is -2.44. The lowest BCUT2D eigenvalue weighted by atomic mass is 9.47. The SMILES string of the molecule is CC1(C(=O)NC2C3CC4CC2CC(C(N)=O)(C4)C3)CCN(Cc2cccnc2)C1=O. The lowest BCUT2D eigenvalue weighted by Crippen LogP contribution is -2.63. The summed E-state index contributed by atoms with van der Waals surface area (Å²) >= 11 is 0. The van der Waals surface area contributed by atoms with Crippen LogP contribution < -0.4 is 11.1 Å². The maximum absolute atomic E-state index is 13.3. The van der Waals surface area contributed by atoms with Crippen molar-refractivity contribution in [3.63, 3.8) is 0 Å². The summed E-state index contributed by atoms with van der Waals surface area (Å²) in [6.45, 7) is 2.82. The van der Waals surface area contributed by atoms with Crippen molar-refractivity contribution in [1.29, 1.82) is 0 Å². The van der Waals surface area contributed by atoms with Gasteiger partial charge in [0.1, 0.15) is 5.41 Å². The van der Waals surface area contributed by atoms with Gasteiger partial charge < -0.3 is 16.0 Å². The Labute approximate surface area is 176 Å². The number of aromatic nitrogens is 1. The first-order chi connectivity index (χ1) is 14.3. The van der Waals surface area contributed by atoms with Crippen LogP contribution in [0.4, 0.5) is 0 Å². The molecule has 3 amide bonds. The molecule has 30 heavy (non-hydrogen) atoms. The van der Waals surface area contributed by atoms with Crippen molar-refractivity contribution < 1.29 is 14.4 Å². The number of hydrogen-bond acceptors (Lipinski definition) is 4. The maximum atomic E-state index is 13.3. The van der Waals surface area contributed by atoms with Gasteiger partial charge in [-0.1, -0.05) is 6.07 Å². The van der Waals surface area contributed by atoms with Gasteiger partial charge in [-0.2, -0.15) is 0 Å². The molecule has 1 aliphatic heterocycles. The van der Waals surface area contributed by atoms with Gasteiger partial charge in [0.15, 0.2) is 0 Å². The maximum Gasteiger partial charge on any atom is 0.238 e. The van der Waals surface area contributed by atoms with Crippen LogP contribution in [0.25, 0.3) is 0 Å². The summed E-state index contributed by atoms with van der Waals surface area (Å²) in [6, 6.07) is 3.85. The van der Waals surface area contributed by atoms with E-state index in [4.69, 9.17) is 5.73 Å². The van der Waals surface area contributed by atoms with E-state index in [-0.39, 0.29) is 29.2 Å². The van der Waals surface area contributed by atoms with E-state index in [0.29, 0.717) is 37.3 Å². The van der Waals surface area contributed by atoms with Gasteiger partial charge in [-0.15, -0.1) is 0 Å². The molecule has 1 aromatic heterocycles. The van der Waals surface area contributed by atoms with Crippen LogP contribution in [-0.4, -0.2) is 40.2 Å². The Kier molecular flexibility index (Phi) is 4.42. The van der Waals surface area contributed by atoms with Gasteiger partial charge in [0.2, 0.25) is 17.7 Å². The average Bonchev–Trinajstić information content (AvgIpc) is 3.00. The minimum absolute atomic E-state index is 0.0542. The molecule has 4 bridgehead atoms. The number of amides is 3. The summed E-state index contributed by atoms with van der Waals surface area (Å²) in [4.78, 5) is 44.5. The standard InChI is InChI=1S/C23H30N4O3/c1-22(4-6-27(21(22)30)13-14-3-2-5-25-12-14)20(29)26-18-16-7-15-8-17(18)11-23(9-15,10-16)19(24)28/h2-3,5,12,15-18H,4,6-11,13H2,1H3,(H2,24,28)(H,26,29). The molecule has 5 fully saturated rings. The highest BCUT2D eigenvalue weighted by atomic mass is 16.2. The third kappa shape index (κ3) is 2.93. The van der Waals surface area contributed by atoms with E-state index < -0.39 is 5.41 Å². The van der Waals surface area contributed by atoms with Crippen molar-refractivity contribution in [3.05, 3.63) is 30.1 Å². The molecule has 3 atom stereocenters. The number of nitrogens with one attached hydrogen (secondary N) is 1. The van der Waals surface area contributed by atoms with Crippen LogP contribution in [0.5, 0.6) is 0 Å². The highest BCUT2D eigenvalue weighted by molar-refractivity contribution is 6.06. The van der Waals surface area contributed by atoms with Crippen LogP contribution in [0.1, 0.15) is 51.0 Å². The van der Waals surface area contributed by atoms with Gasteiger partial charge in [-0.3, -0.25) is 19.4 Å². The zero-order valence-corrected chi connectivity index (χ0v) is 17.5. The number of primary amides is 1. The van der Waals surface area contributed by atoms with Crippen LogP contribution >= 0.6 is 0 Å². The second-order valence-corrected chi connectivity index (χ2v) is 10.3. The van der Waals surface area contributed by atoms with E-state index in [1.165, 1.54) is 0 Å². The van der Waals surface area contributed by atoms with E-state index in [1.807, 2.05) is 12.1 Å². The molecule has 0 aromatic carbocycles. The first kappa shape index (κ1) is 19.5. The normalized spacial score (nSPS) is 39.4. The molecule has 160 valence electrons. The van der Waals surface area contributed by atoms with Crippen LogP contribution in [0, 0.1) is 28.6 Å². The van der Waals surface area contributed by atoms with Gasteiger partial charge in [0.05, 0.1) is 0 Å². The molecule has 0 radical (unpaired) electrons. The molecule has 7 nitrogen and oxygen atoms in total. The molecule has 4 aliphatic carbocycles. The van der Waals surface area contributed by atoms with E-state index in [0.717, 1.165) is 37.7 Å². The molecule has 3 N–H and O–H groups in total. The number of pyridine rings is 1. The fourth-order valence-corrected chi connectivity index (χ4v) is 6.86. The first-order valence-electron chi connectivity index (χ1n) is 11.1. The topological polar surface area (TPSA) is 105 Å². The molecule has 5 aliphatic rings. The molecule has 3 unspecified atom stereocenters. The third-order valence-electron chi connectivity index (χ3n) is 8.33. The van der Waals surface area contributed by atoms with Crippen molar-refractivity contribution in [2.75, 3.05) is 6.54 Å². The fourth-order valence-electron chi connectivity index (χ4n) is 6.86. The van der Waals surface area contributed by atoms with Crippen LogP contribution in [0.2, 0.25) is 0 Å². The zero-order valence-electron chi connectivity index (χ0n) is 17.5. The second kappa shape index (κ2) is 6.79. The first-order valence-corrected chi connectivity index (χ1v) is 11.1. The number of carbonyl (C=O) groups is 3. The van der Waals surface area contributed by atoms with Gasteiger partial charge in [-0.05, 0) is 74.8 Å². The minimum Gasteiger partial charge on any atom is -0.369 e. The molecular formula is C23H30N4O3. The highest BCUT2D eigenvalue weighted by Crippen LogP contribution is 2.60. The van der Waals surface area contributed by atoms with Gasteiger partial charge in [0.25, 0.3) is 0 Å². The largest absolute Gasteiger partial charge is 0.369 e. The molecule has 4 saturated carbocycles. The quantitative estimate of drug-likeness (QED) is 0.720. The number of carbonyl (C=O) groups excluding carboxylic acids is 3. The lowest BCUT2D eigenvalue weighted by Gasteiger charge is -2.59.